The van der Waals surface area contributed by atoms with Crippen LogP contribution in [0.15, 0.2) is 65.1 Å². The van der Waals surface area contributed by atoms with Gasteiger partial charge in [-0.1, -0.05) is 40.2 Å². The SMILES string of the molecule is O=C1c2ccccc2C(=O)N1c1nnc2n1-c1cc(Br)ccc1N1CCc3cccc-2c31. The van der Waals surface area contributed by atoms with Crippen LogP contribution in [-0.2, 0) is 6.42 Å². The summed E-state index contributed by atoms with van der Waals surface area (Å²) in [7, 11) is 0. The van der Waals surface area contributed by atoms with Crippen LogP contribution in [-0.4, -0.2) is 33.1 Å². The van der Waals surface area contributed by atoms with Gasteiger partial charge in [-0.25, -0.2) is 4.90 Å². The number of para-hydroxylation sites is 1. The molecule has 0 unspecified atom stereocenters. The fourth-order valence-corrected chi connectivity index (χ4v) is 5.32. The Morgan fingerprint density at radius 3 is 2.34 bits per heavy atom. The lowest BCUT2D eigenvalue weighted by Gasteiger charge is -2.22. The van der Waals surface area contributed by atoms with Crippen molar-refractivity contribution in [3.05, 3.63) is 81.8 Å². The Morgan fingerprint density at radius 2 is 1.56 bits per heavy atom. The molecule has 0 fully saturated rings. The number of nitrogens with zero attached hydrogens (tertiary/aromatic N) is 5. The van der Waals surface area contributed by atoms with E-state index in [1.807, 2.05) is 34.9 Å². The second-order valence-electron chi connectivity index (χ2n) is 8.00. The Hall–Kier alpha value is -3.78. The molecule has 4 heterocycles. The fraction of sp³-hybridized carbons (Fsp3) is 0.0833. The van der Waals surface area contributed by atoms with Gasteiger partial charge in [0, 0.05) is 16.6 Å². The molecule has 154 valence electrons. The van der Waals surface area contributed by atoms with Crippen LogP contribution in [0.1, 0.15) is 26.3 Å². The quantitative estimate of drug-likeness (QED) is 0.372. The van der Waals surface area contributed by atoms with E-state index in [1.54, 1.807) is 24.3 Å². The van der Waals surface area contributed by atoms with E-state index < -0.39 is 0 Å². The minimum Gasteiger partial charge on any atom is -0.339 e. The lowest BCUT2D eigenvalue weighted by Crippen LogP contribution is -2.32. The summed E-state index contributed by atoms with van der Waals surface area (Å²) in [6.07, 6.45) is 0.943. The summed E-state index contributed by atoms with van der Waals surface area (Å²) in [5.74, 6) is 0.0283. The highest BCUT2D eigenvalue weighted by Gasteiger charge is 2.42. The van der Waals surface area contributed by atoms with Gasteiger partial charge in [-0.15, -0.1) is 10.2 Å². The van der Waals surface area contributed by atoms with Gasteiger partial charge in [-0.05, 0) is 48.4 Å². The number of halogens is 1. The standard InChI is InChI=1S/C24H14BrN5O2/c25-14-8-9-18-19(12-14)29-21(17-7-3-4-13-10-11-28(18)20(13)17)26-27-24(29)30-22(31)15-5-1-2-6-16(15)23(30)32/h1-9,12H,10-11H2. The summed E-state index contributed by atoms with van der Waals surface area (Å²) < 4.78 is 2.71. The van der Waals surface area contributed by atoms with Crippen molar-refractivity contribution in [1.29, 1.82) is 0 Å². The van der Waals surface area contributed by atoms with E-state index in [0.29, 0.717) is 17.0 Å². The molecule has 7 nitrogen and oxygen atoms in total. The van der Waals surface area contributed by atoms with Gasteiger partial charge in [0.2, 0.25) is 5.95 Å². The molecule has 0 bridgehead atoms. The van der Waals surface area contributed by atoms with Crippen molar-refractivity contribution < 1.29 is 9.59 Å². The molecule has 0 atom stereocenters. The number of hydrogen-bond donors (Lipinski definition) is 0. The van der Waals surface area contributed by atoms with Crippen molar-refractivity contribution in [2.24, 2.45) is 0 Å². The second-order valence-corrected chi connectivity index (χ2v) is 8.91. The molecule has 7 rings (SSSR count). The van der Waals surface area contributed by atoms with Crippen molar-refractivity contribution in [2.45, 2.75) is 6.42 Å². The predicted molar refractivity (Wildman–Crippen MR) is 123 cm³/mol. The fourth-order valence-electron chi connectivity index (χ4n) is 4.97. The zero-order valence-electron chi connectivity index (χ0n) is 16.6. The van der Waals surface area contributed by atoms with Crippen LogP contribution < -0.4 is 9.80 Å². The number of anilines is 3. The Kier molecular flexibility index (Phi) is 3.42. The number of hydrogen-bond acceptors (Lipinski definition) is 5. The summed E-state index contributed by atoms with van der Waals surface area (Å²) >= 11 is 3.58. The van der Waals surface area contributed by atoms with Crippen LogP contribution >= 0.6 is 15.9 Å². The Morgan fingerprint density at radius 1 is 0.812 bits per heavy atom. The van der Waals surface area contributed by atoms with Crippen LogP contribution in [0.5, 0.6) is 0 Å². The van der Waals surface area contributed by atoms with E-state index in [0.717, 1.165) is 45.0 Å². The van der Waals surface area contributed by atoms with Crippen molar-refractivity contribution in [2.75, 3.05) is 16.3 Å². The number of carbonyl (C=O) groups is 2. The van der Waals surface area contributed by atoms with E-state index in [4.69, 9.17) is 0 Å². The third-order valence-electron chi connectivity index (χ3n) is 6.34. The first-order valence-corrected chi connectivity index (χ1v) is 11.1. The third kappa shape index (κ3) is 2.14. The average Bonchev–Trinajstić information content (AvgIpc) is 3.47. The molecule has 0 aliphatic carbocycles. The largest absolute Gasteiger partial charge is 0.339 e. The molecule has 4 aromatic rings. The van der Waals surface area contributed by atoms with Gasteiger partial charge in [-0.2, -0.15) is 0 Å². The van der Waals surface area contributed by atoms with Gasteiger partial charge in [0.1, 0.15) is 0 Å². The monoisotopic (exact) mass is 483 g/mol. The smallest absolute Gasteiger partial charge is 0.268 e. The molecule has 1 aromatic heterocycles. The predicted octanol–water partition coefficient (Wildman–Crippen LogP) is 4.51. The summed E-state index contributed by atoms with van der Waals surface area (Å²) in [5.41, 5.74) is 5.84. The van der Waals surface area contributed by atoms with Gasteiger partial charge in [0.15, 0.2) is 5.82 Å². The summed E-state index contributed by atoms with van der Waals surface area (Å²) in [5, 5.41) is 8.86. The highest BCUT2D eigenvalue weighted by Crippen LogP contribution is 2.48. The van der Waals surface area contributed by atoms with Crippen LogP contribution in [0.2, 0.25) is 0 Å². The number of aromatic nitrogens is 3. The van der Waals surface area contributed by atoms with Crippen LogP contribution in [0, 0.1) is 0 Å². The van der Waals surface area contributed by atoms with Gasteiger partial charge in [0.25, 0.3) is 11.8 Å². The molecule has 0 N–H and O–H groups in total. The van der Waals surface area contributed by atoms with Gasteiger partial charge in [0.05, 0.1) is 28.2 Å². The molecular weight excluding hydrogens is 470 g/mol. The Bertz CT molecular complexity index is 1470. The first-order chi connectivity index (χ1) is 15.6. The maximum atomic E-state index is 13.2. The van der Waals surface area contributed by atoms with E-state index in [2.05, 4.69) is 37.1 Å². The minimum absolute atomic E-state index is 0.198. The molecule has 0 radical (unpaired) electrons. The first-order valence-electron chi connectivity index (χ1n) is 10.3. The molecule has 3 aromatic carbocycles. The van der Waals surface area contributed by atoms with Crippen molar-refractivity contribution in [1.82, 2.24) is 14.8 Å². The molecule has 2 amide bonds. The van der Waals surface area contributed by atoms with Crippen LogP contribution in [0.3, 0.4) is 0 Å². The number of carbonyl (C=O) groups excluding carboxylic acids is 2. The number of amides is 2. The zero-order valence-corrected chi connectivity index (χ0v) is 18.2. The maximum Gasteiger partial charge on any atom is 0.268 e. The molecule has 3 aliphatic heterocycles. The molecule has 3 aliphatic rings. The second kappa shape index (κ2) is 6.14. The Labute approximate surface area is 191 Å². The number of benzene rings is 3. The van der Waals surface area contributed by atoms with Crippen molar-refractivity contribution in [3.63, 3.8) is 0 Å². The van der Waals surface area contributed by atoms with Crippen molar-refractivity contribution in [3.8, 4) is 17.1 Å². The molecule has 0 spiro atoms. The van der Waals surface area contributed by atoms with Gasteiger partial charge < -0.3 is 4.90 Å². The first kappa shape index (κ1) is 17.9. The van der Waals surface area contributed by atoms with Crippen molar-refractivity contribution >= 4 is 45.1 Å². The molecule has 8 heteroatoms. The molecule has 0 saturated heterocycles. The lowest BCUT2D eigenvalue weighted by molar-refractivity contribution is 0.0923. The number of imide groups is 1. The maximum absolute atomic E-state index is 13.2. The molecular formula is C24H14BrN5O2. The lowest BCUT2D eigenvalue weighted by atomic mass is 10.1. The Balaban J connectivity index is 1.54. The summed E-state index contributed by atoms with van der Waals surface area (Å²) in [4.78, 5) is 29.9. The normalized spacial score (nSPS) is 15.4. The van der Waals surface area contributed by atoms with Crippen LogP contribution in [0.4, 0.5) is 17.3 Å². The van der Waals surface area contributed by atoms with E-state index in [1.165, 1.54) is 5.56 Å². The van der Waals surface area contributed by atoms with E-state index in [-0.39, 0.29) is 17.8 Å². The molecule has 32 heavy (non-hydrogen) atoms. The topological polar surface area (TPSA) is 71.3 Å². The number of fused-ring (bicyclic) bond motifs is 6. The van der Waals surface area contributed by atoms with E-state index in [9.17, 15) is 9.59 Å². The zero-order chi connectivity index (χ0) is 21.6. The highest BCUT2D eigenvalue weighted by atomic mass is 79.9. The highest BCUT2D eigenvalue weighted by molar-refractivity contribution is 9.10. The third-order valence-corrected chi connectivity index (χ3v) is 6.84. The molecule has 0 saturated carbocycles. The van der Waals surface area contributed by atoms with E-state index >= 15 is 0 Å². The summed E-state index contributed by atoms with van der Waals surface area (Å²) in [6.45, 7) is 0.849. The average molecular weight is 484 g/mol. The number of rotatable bonds is 1. The minimum atomic E-state index is -0.389. The van der Waals surface area contributed by atoms with Crippen LogP contribution in [0.25, 0.3) is 17.1 Å². The van der Waals surface area contributed by atoms with Gasteiger partial charge >= 0.3 is 0 Å². The summed E-state index contributed by atoms with van der Waals surface area (Å²) in [6, 6.07) is 19.0. The van der Waals surface area contributed by atoms with Gasteiger partial charge in [-0.3, -0.25) is 14.2 Å².